The third-order valence-corrected chi connectivity index (χ3v) is 5.08. The van der Waals surface area contributed by atoms with E-state index < -0.39 is 0 Å². The number of hydrogen-bond donors (Lipinski definition) is 1. The Morgan fingerprint density at radius 3 is 2.47 bits per heavy atom. The molecular formula is C22H27FN6O. The molecule has 2 aromatic heterocycles. The van der Waals surface area contributed by atoms with E-state index in [1.54, 1.807) is 18.3 Å². The molecule has 0 saturated carbocycles. The maximum Gasteiger partial charge on any atom is 0.317 e. The van der Waals surface area contributed by atoms with E-state index in [4.69, 9.17) is 4.98 Å². The molecule has 0 radical (unpaired) electrons. The zero-order valence-corrected chi connectivity index (χ0v) is 17.6. The van der Waals surface area contributed by atoms with Gasteiger partial charge in [-0.25, -0.2) is 19.2 Å². The van der Waals surface area contributed by atoms with E-state index in [-0.39, 0.29) is 17.4 Å². The first-order valence-electron chi connectivity index (χ1n) is 10.2. The molecule has 8 heteroatoms. The van der Waals surface area contributed by atoms with E-state index >= 15 is 0 Å². The van der Waals surface area contributed by atoms with Crippen LogP contribution in [0.2, 0.25) is 0 Å². The highest BCUT2D eigenvalue weighted by molar-refractivity contribution is 5.75. The van der Waals surface area contributed by atoms with Crippen molar-refractivity contribution in [1.82, 2.24) is 29.7 Å². The molecule has 4 rings (SSSR count). The highest BCUT2D eigenvalue weighted by atomic mass is 19.1. The van der Waals surface area contributed by atoms with Gasteiger partial charge in [0.2, 0.25) is 0 Å². The molecule has 1 aliphatic rings. The van der Waals surface area contributed by atoms with Crippen LogP contribution in [0, 0.1) is 5.82 Å². The minimum absolute atomic E-state index is 0.0232. The van der Waals surface area contributed by atoms with Gasteiger partial charge >= 0.3 is 6.03 Å². The minimum atomic E-state index is -0.276. The number of piperazine rings is 1. The molecule has 1 aliphatic heterocycles. The summed E-state index contributed by atoms with van der Waals surface area (Å²) in [6, 6.07) is 10.1. The lowest BCUT2D eigenvalue weighted by Gasteiger charge is -2.36. The molecule has 0 spiro atoms. The second kappa shape index (κ2) is 8.02. The van der Waals surface area contributed by atoms with Crippen molar-refractivity contribution in [2.75, 3.05) is 26.2 Å². The molecular weight excluding hydrogens is 383 g/mol. The van der Waals surface area contributed by atoms with E-state index in [9.17, 15) is 9.18 Å². The molecule has 1 aromatic carbocycles. The monoisotopic (exact) mass is 410 g/mol. The Hall–Kier alpha value is -3.00. The van der Waals surface area contributed by atoms with Gasteiger partial charge in [-0.3, -0.25) is 9.47 Å². The Morgan fingerprint density at radius 1 is 1.10 bits per heavy atom. The molecule has 0 unspecified atom stereocenters. The lowest BCUT2D eigenvalue weighted by molar-refractivity contribution is 0.129. The summed E-state index contributed by atoms with van der Waals surface area (Å²) in [5.74, 6) is 0.574. The van der Waals surface area contributed by atoms with Crippen LogP contribution in [0.1, 0.15) is 26.6 Å². The SMILES string of the molecule is CC(C)(C)NC(=O)N1CCN(Cc2nc3cccnc3n2-c2ccc(F)cc2)CC1. The summed E-state index contributed by atoms with van der Waals surface area (Å²) < 4.78 is 15.4. The predicted octanol–water partition coefficient (Wildman–Crippen LogP) is 3.19. The highest BCUT2D eigenvalue weighted by Crippen LogP contribution is 2.21. The predicted molar refractivity (Wildman–Crippen MR) is 114 cm³/mol. The summed E-state index contributed by atoms with van der Waals surface area (Å²) in [6.07, 6.45) is 1.74. The number of aromatic nitrogens is 3. The van der Waals surface area contributed by atoms with Gasteiger partial charge in [-0.2, -0.15) is 0 Å². The summed E-state index contributed by atoms with van der Waals surface area (Å²) in [5.41, 5.74) is 2.14. The smallest absolute Gasteiger partial charge is 0.317 e. The lowest BCUT2D eigenvalue weighted by atomic mass is 10.1. The van der Waals surface area contributed by atoms with Crippen molar-refractivity contribution in [3.8, 4) is 5.69 Å². The van der Waals surface area contributed by atoms with Gasteiger partial charge < -0.3 is 10.2 Å². The number of carbonyl (C=O) groups excluding carboxylic acids is 1. The zero-order chi connectivity index (χ0) is 21.3. The summed E-state index contributed by atoms with van der Waals surface area (Å²) in [7, 11) is 0. The average Bonchev–Trinajstić information content (AvgIpc) is 3.06. The third kappa shape index (κ3) is 4.43. The number of imidazole rings is 1. The Labute approximate surface area is 175 Å². The molecule has 0 aliphatic carbocycles. The highest BCUT2D eigenvalue weighted by Gasteiger charge is 2.25. The number of fused-ring (bicyclic) bond motifs is 1. The van der Waals surface area contributed by atoms with Crippen molar-refractivity contribution >= 4 is 17.2 Å². The fourth-order valence-electron chi connectivity index (χ4n) is 3.64. The van der Waals surface area contributed by atoms with Gasteiger partial charge in [0.1, 0.15) is 17.2 Å². The van der Waals surface area contributed by atoms with Crippen molar-refractivity contribution in [3.63, 3.8) is 0 Å². The van der Waals surface area contributed by atoms with Crippen molar-refractivity contribution in [2.45, 2.75) is 32.9 Å². The van der Waals surface area contributed by atoms with Crippen LogP contribution < -0.4 is 5.32 Å². The summed E-state index contributed by atoms with van der Waals surface area (Å²) in [5, 5.41) is 3.02. The fraction of sp³-hybridized carbons (Fsp3) is 0.409. The number of urea groups is 1. The molecule has 1 N–H and O–H groups in total. The number of carbonyl (C=O) groups is 1. The van der Waals surface area contributed by atoms with Crippen LogP contribution in [-0.2, 0) is 6.54 Å². The maximum absolute atomic E-state index is 13.4. The van der Waals surface area contributed by atoms with Crippen molar-refractivity contribution < 1.29 is 9.18 Å². The number of pyridine rings is 1. The van der Waals surface area contributed by atoms with Crippen LogP contribution in [-0.4, -0.2) is 62.1 Å². The molecule has 1 fully saturated rings. The van der Waals surface area contributed by atoms with Gasteiger partial charge in [-0.1, -0.05) is 0 Å². The molecule has 2 amide bonds. The number of rotatable bonds is 3. The number of benzene rings is 1. The number of nitrogens with one attached hydrogen (secondary N) is 1. The van der Waals surface area contributed by atoms with Crippen molar-refractivity contribution in [3.05, 3.63) is 54.2 Å². The van der Waals surface area contributed by atoms with Gasteiger partial charge in [0.05, 0.1) is 6.54 Å². The third-order valence-electron chi connectivity index (χ3n) is 5.08. The van der Waals surface area contributed by atoms with Gasteiger partial charge in [-0.15, -0.1) is 0 Å². The molecule has 0 atom stereocenters. The van der Waals surface area contributed by atoms with Gasteiger partial charge in [-0.05, 0) is 57.2 Å². The molecule has 30 heavy (non-hydrogen) atoms. The normalized spacial score (nSPS) is 15.5. The summed E-state index contributed by atoms with van der Waals surface area (Å²) in [4.78, 5) is 25.8. The van der Waals surface area contributed by atoms with E-state index in [0.717, 1.165) is 35.8 Å². The van der Waals surface area contributed by atoms with Gasteiger partial charge in [0, 0.05) is 43.6 Å². The largest absolute Gasteiger partial charge is 0.333 e. The summed E-state index contributed by atoms with van der Waals surface area (Å²) in [6.45, 7) is 9.42. The standard InChI is InChI=1S/C22H27FN6O/c1-22(2,3)26-21(30)28-13-11-27(12-14-28)15-19-25-18-5-4-10-24-20(18)29(19)17-8-6-16(23)7-9-17/h4-10H,11-15H2,1-3H3,(H,26,30). The molecule has 7 nitrogen and oxygen atoms in total. The van der Waals surface area contributed by atoms with Crippen LogP contribution in [0.4, 0.5) is 9.18 Å². The van der Waals surface area contributed by atoms with E-state index in [2.05, 4.69) is 15.2 Å². The first-order valence-corrected chi connectivity index (χ1v) is 10.2. The van der Waals surface area contributed by atoms with Crippen molar-refractivity contribution in [1.29, 1.82) is 0 Å². The first kappa shape index (κ1) is 20.3. The molecule has 1 saturated heterocycles. The number of nitrogens with zero attached hydrogens (tertiary/aromatic N) is 5. The second-order valence-corrected chi connectivity index (χ2v) is 8.63. The molecule has 3 aromatic rings. The fourth-order valence-corrected chi connectivity index (χ4v) is 3.64. The van der Waals surface area contributed by atoms with Crippen LogP contribution in [0.15, 0.2) is 42.6 Å². The van der Waals surface area contributed by atoms with Crippen LogP contribution in [0.3, 0.4) is 0 Å². The van der Waals surface area contributed by atoms with E-state index in [0.29, 0.717) is 19.6 Å². The maximum atomic E-state index is 13.4. The Kier molecular flexibility index (Phi) is 5.42. The second-order valence-electron chi connectivity index (χ2n) is 8.63. The number of hydrogen-bond acceptors (Lipinski definition) is 4. The quantitative estimate of drug-likeness (QED) is 0.720. The van der Waals surface area contributed by atoms with Gasteiger partial charge in [0.15, 0.2) is 5.65 Å². The lowest BCUT2D eigenvalue weighted by Crippen LogP contribution is -2.54. The average molecular weight is 410 g/mol. The van der Waals surface area contributed by atoms with E-state index in [1.807, 2.05) is 42.4 Å². The molecule has 0 bridgehead atoms. The van der Waals surface area contributed by atoms with Crippen LogP contribution in [0.5, 0.6) is 0 Å². The Bertz CT molecular complexity index is 1030. The van der Waals surface area contributed by atoms with Crippen molar-refractivity contribution in [2.24, 2.45) is 0 Å². The van der Waals surface area contributed by atoms with E-state index in [1.165, 1.54) is 12.1 Å². The Morgan fingerprint density at radius 2 is 1.80 bits per heavy atom. The minimum Gasteiger partial charge on any atom is -0.333 e. The number of halogens is 1. The molecule has 158 valence electrons. The van der Waals surface area contributed by atoms with Crippen LogP contribution >= 0.6 is 0 Å². The topological polar surface area (TPSA) is 66.3 Å². The first-order chi connectivity index (χ1) is 14.3. The number of amides is 2. The summed E-state index contributed by atoms with van der Waals surface area (Å²) >= 11 is 0. The zero-order valence-electron chi connectivity index (χ0n) is 17.6. The van der Waals surface area contributed by atoms with Crippen LogP contribution in [0.25, 0.3) is 16.9 Å². The Balaban J connectivity index is 1.52. The van der Waals surface area contributed by atoms with Gasteiger partial charge in [0.25, 0.3) is 0 Å². The molecule has 3 heterocycles.